The lowest BCUT2D eigenvalue weighted by molar-refractivity contribution is -0.138. The summed E-state index contributed by atoms with van der Waals surface area (Å²) in [5.74, 6) is 0.298. The van der Waals surface area contributed by atoms with Gasteiger partial charge in [0.2, 0.25) is 0 Å². The van der Waals surface area contributed by atoms with Crippen molar-refractivity contribution in [3.05, 3.63) is 29.6 Å². The zero-order chi connectivity index (χ0) is 13.9. The lowest BCUT2D eigenvalue weighted by atomic mass is 9.69. The molecule has 0 radical (unpaired) electrons. The van der Waals surface area contributed by atoms with Gasteiger partial charge in [-0.2, -0.15) is 13.2 Å². The summed E-state index contributed by atoms with van der Waals surface area (Å²) in [6.45, 7) is 3.79. The van der Waals surface area contributed by atoms with E-state index in [-0.39, 0.29) is 5.92 Å². The van der Waals surface area contributed by atoms with E-state index in [9.17, 15) is 13.2 Å². The number of aromatic nitrogens is 1. The van der Waals surface area contributed by atoms with Gasteiger partial charge in [-0.15, -0.1) is 0 Å². The van der Waals surface area contributed by atoms with Crippen molar-refractivity contribution in [1.29, 1.82) is 0 Å². The Labute approximate surface area is 111 Å². The molecule has 106 valence electrons. The first-order valence-electron chi connectivity index (χ1n) is 6.75. The summed E-state index contributed by atoms with van der Waals surface area (Å²) in [6.07, 6.45) is 1.18. The molecule has 0 amide bonds. The van der Waals surface area contributed by atoms with Gasteiger partial charge in [-0.1, -0.05) is 6.92 Å². The van der Waals surface area contributed by atoms with Crippen molar-refractivity contribution < 1.29 is 13.2 Å². The Kier molecular flexibility index (Phi) is 4.45. The van der Waals surface area contributed by atoms with E-state index in [1.54, 1.807) is 0 Å². The van der Waals surface area contributed by atoms with Crippen LogP contribution in [-0.4, -0.2) is 18.1 Å². The molecule has 1 saturated carbocycles. The van der Waals surface area contributed by atoms with E-state index >= 15 is 0 Å². The Hall–Kier alpha value is -1.10. The summed E-state index contributed by atoms with van der Waals surface area (Å²) in [6, 6.07) is 1.09. The van der Waals surface area contributed by atoms with Crippen LogP contribution in [0.5, 0.6) is 0 Å². The Morgan fingerprint density at radius 1 is 1.37 bits per heavy atom. The minimum Gasteiger partial charge on any atom is -0.316 e. The maximum atomic E-state index is 13.0. The number of hydrogen-bond donors (Lipinski definition) is 1. The van der Waals surface area contributed by atoms with Crippen LogP contribution in [0.25, 0.3) is 0 Å². The van der Waals surface area contributed by atoms with Crippen LogP contribution in [0.2, 0.25) is 0 Å². The zero-order valence-corrected chi connectivity index (χ0v) is 11.0. The monoisotopic (exact) mass is 272 g/mol. The molecular formula is C14H19F3N2. The summed E-state index contributed by atoms with van der Waals surface area (Å²) in [5.41, 5.74) is -0.155. The first kappa shape index (κ1) is 14.3. The van der Waals surface area contributed by atoms with Crippen molar-refractivity contribution in [2.45, 2.75) is 38.3 Å². The van der Waals surface area contributed by atoms with Crippen LogP contribution in [-0.2, 0) is 6.18 Å². The molecule has 2 unspecified atom stereocenters. The molecular weight excluding hydrogens is 253 g/mol. The lowest BCUT2D eigenvalue weighted by Gasteiger charge is -2.38. The summed E-state index contributed by atoms with van der Waals surface area (Å²) >= 11 is 0. The minimum absolute atomic E-state index is 0.00492. The van der Waals surface area contributed by atoms with Gasteiger partial charge in [-0.05, 0) is 55.8 Å². The Bertz CT molecular complexity index is 417. The highest BCUT2D eigenvalue weighted by Crippen LogP contribution is 2.46. The van der Waals surface area contributed by atoms with Crippen LogP contribution < -0.4 is 5.32 Å². The predicted molar refractivity (Wildman–Crippen MR) is 67.9 cm³/mol. The second-order valence-corrected chi connectivity index (χ2v) is 5.11. The third kappa shape index (κ3) is 3.26. The smallest absolute Gasteiger partial charge is 0.316 e. The van der Waals surface area contributed by atoms with Gasteiger partial charge in [0, 0.05) is 12.4 Å². The molecule has 5 heteroatoms. The van der Waals surface area contributed by atoms with Gasteiger partial charge in [-0.25, -0.2) is 0 Å². The van der Waals surface area contributed by atoms with Crippen molar-refractivity contribution >= 4 is 0 Å². The quantitative estimate of drug-likeness (QED) is 0.828. The van der Waals surface area contributed by atoms with Gasteiger partial charge in [0.1, 0.15) is 0 Å². The molecule has 1 heterocycles. The molecule has 2 nitrogen and oxygen atoms in total. The van der Waals surface area contributed by atoms with Crippen LogP contribution >= 0.6 is 0 Å². The second-order valence-electron chi connectivity index (χ2n) is 5.11. The van der Waals surface area contributed by atoms with Crippen molar-refractivity contribution in [3.8, 4) is 0 Å². The topological polar surface area (TPSA) is 24.9 Å². The molecule has 1 aliphatic carbocycles. The summed E-state index contributed by atoms with van der Waals surface area (Å²) in [7, 11) is 0. The highest BCUT2D eigenvalue weighted by atomic mass is 19.4. The lowest BCUT2D eigenvalue weighted by Crippen LogP contribution is -2.35. The van der Waals surface area contributed by atoms with Crippen LogP contribution in [0.1, 0.15) is 43.2 Å². The average Bonchev–Trinajstić information content (AvgIpc) is 2.32. The van der Waals surface area contributed by atoms with Gasteiger partial charge in [0.05, 0.1) is 5.56 Å². The van der Waals surface area contributed by atoms with E-state index in [1.807, 2.05) is 0 Å². The zero-order valence-electron chi connectivity index (χ0n) is 11.0. The van der Waals surface area contributed by atoms with Crippen LogP contribution in [0.4, 0.5) is 13.2 Å². The molecule has 2 atom stereocenters. The molecule has 2 rings (SSSR count). The van der Waals surface area contributed by atoms with Crippen molar-refractivity contribution in [2.24, 2.45) is 5.92 Å². The van der Waals surface area contributed by atoms with Gasteiger partial charge >= 0.3 is 6.18 Å². The van der Waals surface area contributed by atoms with E-state index < -0.39 is 11.7 Å². The highest BCUT2D eigenvalue weighted by molar-refractivity contribution is 5.31. The fourth-order valence-electron chi connectivity index (χ4n) is 2.65. The second kappa shape index (κ2) is 5.90. The highest BCUT2D eigenvalue weighted by Gasteiger charge is 2.40. The Balaban J connectivity index is 2.10. The first-order valence-corrected chi connectivity index (χ1v) is 6.75. The van der Waals surface area contributed by atoms with E-state index in [4.69, 9.17) is 0 Å². The molecule has 1 aromatic rings. The molecule has 1 aliphatic rings. The molecule has 1 fully saturated rings. The molecule has 0 aromatic carbocycles. The fourth-order valence-corrected chi connectivity index (χ4v) is 2.65. The maximum absolute atomic E-state index is 13.0. The summed E-state index contributed by atoms with van der Waals surface area (Å²) in [4.78, 5) is 3.87. The van der Waals surface area contributed by atoms with Gasteiger partial charge in [0.25, 0.3) is 0 Å². The number of nitrogens with one attached hydrogen (secondary N) is 1. The maximum Gasteiger partial charge on any atom is 0.416 e. The number of pyridine rings is 1. The predicted octanol–water partition coefficient (Wildman–Crippen LogP) is 3.59. The molecule has 0 aliphatic heterocycles. The average molecular weight is 272 g/mol. The number of hydrogen-bond acceptors (Lipinski definition) is 2. The van der Waals surface area contributed by atoms with Crippen LogP contribution in [0.15, 0.2) is 18.5 Å². The summed E-state index contributed by atoms with van der Waals surface area (Å²) in [5, 5.41) is 3.29. The van der Waals surface area contributed by atoms with E-state index in [0.29, 0.717) is 11.5 Å². The third-order valence-electron chi connectivity index (χ3n) is 3.81. The number of rotatable bonds is 5. The third-order valence-corrected chi connectivity index (χ3v) is 3.81. The Morgan fingerprint density at radius 3 is 2.74 bits per heavy atom. The van der Waals surface area contributed by atoms with Crippen LogP contribution in [0.3, 0.4) is 0 Å². The number of nitrogens with zero attached hydrogens (tertiary/aromatic N) is 1. The molecule has 1 aromatic heterocycles. The number of halogens is 3. The first-order chi connectivity index (χ1) is 9.04. The van der Waals surface area contributed by atoms with E-state index in [1.165, 1.54) is 12.4 Å². The van der Waals surface area contributed by atoms with Gasteiger partial charge in [0.15, 0.2) is 0 Å². The fraction of sp³-hybridized carbons (Fsp3) is 0.643. The molecule has 1 N–H and O–H groups in total. The van der Waals surface area contributed by atoms with Gasteiger partial charge < -0.3 is 5.32 Å². The van der Waals surface area contributed by atoms with E-state index in [2.05, 4.69) is 17.2 Å². The molecule has 19 heavy (non-hydrogen) atoms. The Morgan fingerprint density at radius 2 is 2.16 bits per heavy atom. The van der Waals surface area contributed by atoms with Crippen molar-refractivity contribution in [2.75, 3.05) is 13.1 Å². The van der Waals surface area contributed by atoms with Gasteiger partial charge in [-0.3, -0.25) is 4.98 Å². The van der Waals surface area contributed by atoms with Crippen molar-refractivity contribution in [1.82, 2.24) is 10.3 Å². The molecule has 0 spiro atoms. The van der Waals surface area contributed by atoms with Crippen LogP contribution in [0, 0.1) is 5.92 Å². The molecule has 0 saturated heterocycles. The van der Waals surface area contributed by atoms with E-state index in [0.717, 1.165) is 38.4 Å². The minimum atomic E-state index is -4.28. The normalized spacial score (nSPS) is 23.2. The molecule has 0 bridgehead atoms. The SMILES string of the molecule is CCCNCC1CCC1c1cnccc1C(F)(F)F. The summed E-state index contributed by atoms with van der Waals surface area (Å²) < 4.78 is 38.9. The largest absolute Gasteiger partial charge is 0.416 e. The standard InChI is InChI=1S/C14H19F3N2/c1-2-6-18-8-10-3-4-11(10)12-9-19-7-5-13(12)14(15,16)17/h5,7,9-11,18H,2-4,6,8H2,1H3. The number of alkyl halides is 3. The van der Waals surface area contributed by atoms with Crippen molar-refractivity contribution in [3.63, 3.8) is 0 Å².